The van der Waals surface area contributed by atoms with Gasteiger partial charge in [-0.3, -0.25) is 4.98 Å². The Labute approximate surface area is 102 Å². The molecule has 1 aliphatic heterocycles. The molecule has 3 heteroatoms. The molecule has 17 heavy (non-hydrogen) atoms. The molecular weight excluding hydrogens is 210 g/mol. The number of hydrogen-bond donors (Lipinski definition) is 1. The molecule has 0 bridgehead atoms. The topological polar surface area (TPSA) is 28.2 Å². The minimum absolute atomic E-state index is 0.910. The fraction of sp³-hybridized carbons (Fsp3) is 0.214. The Hall–Kier alpha value is -2.03. The van der Waals surface area contributed by atoms with Crippen molar-refractivity contribution < 1.29 is 0 Å². The van der Waals surface area contributed by atoms with Gasteiger partial charge in [0, 0.05) is 44.1 Å². The standard InChI is InChI=1S/C14H17N3/c1-12(15-2)10-17-9-3-4-14(11-17)13-5-7-16-8-6-13/h3-8,10-11,15H,9H2,1-2H3/b12-10+. The second kappa shape index (κ2) is 5.34. The van der Waals surface area contributed by atoms with Crippen molar-refractivity contribution in [3.63, 3.8) is 0 Å². The Balaban J connectivity index is 2.21. The maximum Gasteiger partial charge on any atom is 0.0404 e. The molecule has 1 aromatic heterocycles. The van der Waals surface area contributed by atoms with E-state index in [0.717, 1.165) is 12.2 Å². The number of hydrogen-bond acceptors (Lipinski definition) is 3. The third-order valence-electron chi connectivity index (χ3n) is 2.69. The van der Waals surface area contributed by atoms with E-state index in [-0.39, 0.29) is 0 Å². The molecule has 0 radical (unpaired) electrons. The maximum absolute atomic E-state index is 4.03. The molecular formula is C14H17N3. The van der Waals surface area contributed by atoms with Gasteiger partial charge in [0.1, 0.15) is 0 Å². The zero-order valence-electron chi connectivity index (χ0n) is 10.2. The molecule has 1 aromatic rings. The van der Waals surface area contributed by atoms with Crippen molar-refractivity contribution in [3.05, 3.63) is 60.3 Å². The van der Waals surface area contributed by atoms with Crippen LogP contribution in [-0.4, -0.2) is 23.5 Å². The third-order valence-corrected chi connectivity index (χ3v) is 2.69. The van der Waals surface area contributed by atoms with Crippen LogP contribution in [0.15, 0.2) is 54.8 Å². The highest BCUT2D eigenvalue weighted by molar-refractivity contribution is 5.74. The lowest BCUT2D eigenvalue weighted by molar-refractivity contribution is 0.553. The van der Waals surface area contributed by atoms with E-state index in [1.54, 1.807) is 0 Å². The third kappa shape index (κ3) is 2.97. The van der Waals surface area contributed by atoms with Crippen LogP contribution in [0.3, 0.4) is 0 Å². The maximum atomic E-state index is 4.03. The van der Waals surface area contributed by atoms with Crippen molar-refractivity contribution >= 4 is 5.57 Å². The van der Waals surface area contributed by atoms with E-state index < -0.39 is 0 Å². The van der Waals surface area contributed by atoms with Crippen LogP contribution in [0.2, 0.25) is 0 Å². The molecule has 0 saturated heterocycles. The van der Waals surface area contributed by atoms with Gasteiger partial charge in [-0.1, -0.05) is 12.2 Å². The van der Waals surface area contributed by atoms with Crippen molar-refractivity contribution in [1.82, 2.24) is 15.2 Å². The minimum atomic E-state index is 0.910. The summed E-state index contributed by atoms with van der Waals surface area (Å²) in [5.74, 6) is 0. The lowest BCUT2D eigenvalue weighted by Crippen LogP contribution is -2.16. The molecule has 0 fully saturated rings. The van der Waals surface area contributed by atoms with Crippen LogP contribution in [0.25, 0.3) is 5.57 Å². The number of allylic oxidation sites excluding steroid dienone is 3. The first-order valence-electron chi connectivity index (χ1n) is 5.70. The molecule has 3 nitrogen and oxygen atoms in total. The molecule has 2 rings (SSSR count). The Bertz CT molecular complexity index is 458. The summed E-state index contributed by atoms with van der Waals surface area (Å²) in [6.45, 7) is 2.96. The Morgan fingerprint density at radius 1 is 1.41 bits per heavy atom. The highest BCUT2D eigenvalue weighted by Crippen LogP contribution is 2.19. The van der Waals surface area contributed by atoms with Crippen LogP contribution in [0.1, 0.15) is 12.5 Å². The van der Waals surface area contributed by atoms with Crippen LogP contribution >= 0.6 is 0 Å². The summed E-state index contributed by atoms with van der Waals surface area (Å²) in [4.78, 5) is 6.20. The highest BCUT2D eigenvalue weighted by Gasteiger charge is 2.05. The van der Waals surface area contributed by atoms with E-state index in [0.29, 0.717) is 0 Å². The summed E-state index contributed by atoms with van der Waals surface area (Å²) in [6.07, 6.45) is 12.2. The van der Waals surface area contributed by atoms with Gasteiger partial charge >= 0.3 is 0 Å². The van der Waals surface area contributed by atoms with Crippen LogP contribution in [0, 0.1) is 0 Å². The largest absolute Gasteiger partial charge is 0.390 e. The normalized spacial score (nSPS) is 15.8. The summed E-state index contributed by atoms with van der Waals surface area (Å²) in [5.41, 5.74) is 3.54. The van der Waals surface area contributed by atoms with Gasteiger partial charge in [0.25, 0.3) is 0 Å². The van der Waals surface area contributed by atoms with Gasteiger partial charge in [0.2, 0.25) is 0 Å². The van der Waals surface area contributed by atoms with Gasteiger partial charge < -0.3 is 10.2 Å². The summed E-state index contributed by atoms with van der Waals surface area (Å²) >= 11 is 0. The second-order valence-corrected chi connectivity index (χ2v) is 3.98. The molecule has 0 atom stereocenters. The van der Waals surface area contributed by atoms with Crippen molar-refractivity contribution in [2.75, 3.05) is 13.6 Å². The summed E-state index contributed by atoms with van der Waals surface area (Å²) in [5, 5.41) is 3.12. The Kier molecular flexibility index (Phi) is 3.60. The van der Waals surface area contributed by atoms with Crippen molar-refractivity contribution in [2.45, 2.75) is 6.92 Å². The predicted octanol–water partition coefficient (Wildman–Crippen LogP) is 2.38. The molecule has 0 amide bonds. The van der Waals surface area contributed by atoms with Crippen LogP contribution in [0.4, 0.5) is 0 Å². The SMILES string of the molecule is CN/C(C)=C/N1C=C(c2ccncc2)C=CC1. The molecule has 0 unspecified atom stereocenters. The second-order valence-electron chi connectivity index (χ2n) is 3.98. The zero-order valence-corrected chi connectivity index (χ0v) is 10.2. The predicted molar refractivity (Wildman–Crippen MR) is 70.9 cm³/mol. The van der Waals surface area contributed by atoms with Gasteiger partial charge in [0.05, 0.1) is 0 Å². The lowest BCUT2D eigenvalue weighted by Gasteiger charge is -2.20. The smallest absolute Gasteiger partial charge is 0.0404 e. The number of nitrogens with zero attached hydrogens (tertiary/aromatic N) is 2. The highest BCUT2D eigenvalue weighted by atomic mass is 15.1. The zero-order chi connectivity index (χ0) is 12.1. The molecule has 1 N–H and O–H groups in total. The fourth-order valence-corrected chi connectivity index (χ4v) is 1.69. The van der Waals surface area contributed by atoms with Crippen molar-refractivity contribution in [1.29, 1.82) is 0 Å². The molecule has 0 spiro atoms. The molecule has 2 heterocycles. The first kappa shape index (κ1) is 11.5. The first-order valence-corrected chi connectivity index (χ1v) is 5.70. The summed E-state index contributed by atoms with van der Waals surface area (Å²) in [7, 11) is 1.93. The fourth-order valence-electron chi connectivity index (χ4n) is 1.69. The van der Waals surface area contributed by atoms with E-state index in [1.807, 2.05) is 31.6 Å². The van der Waals surface area contributed by atoms with Gasteiger partial charge in [-0.15, -0.1) is 0 Å². The van der Waals surface area contributed by atoms with E-state index in [2.05, 4.69) is 46.7 Å². The molecule has 0 aromatic carbocycles. The van der Waals surface area contributed by atoms with Gasteiger partial charge in [-0.2, -0.15) is 0 Å². The van der Waals surface area contributed by atoms with Crippen LogP contribution in [0.5, 0.6) is 0 Å². The quantitative estimate of drug-likeness (QED) is 0.859. The number of rotatable bonds is 3. The Morgan fingerprint density at radius 2 is 2.18 bits per heavy atom. The molecule has 1 aliphatic rings. The monoisotopic (exact) mass is 227 g/mol. The molecule has 0 aliphatic carbocycles. The van der Waals surface area contributed by atoms with E-state index >= 15 is 0 Å². The minimum Gasteiger partial charge on any atom is -0.390 e. The number of pyridine rings is 1. The van der Waals surface area contributed by atoms with Gasteiger partial charge in [-0.05, 0) is 30.2 Å². The average molecular weight is 227 g/mol. The number of aromatic nitrogens is 1. The number of nitrogens with one attached hydrogen (secondary N) is 1. The van der Waals surface area contributed by atoms with Gasteiger partial charge in [0.15, 0.2) is 0 Å². The Morgan fingerprint density at radius 3 is 2.88 bits per heavy atom. The van der Waals surface area contributed by atoms with E-state index in [1.165, 1.54) is 11.1 Å². The van der Waals surface area contributed by atoms with Crippen molar-refractivity contribution in [3.8, 4) is 0 Å². The summed E-state index contributed by atoms with van der Waals surface area (Å²) in [6, 6.07) is 4.04. The van der Waals surface area contributed by atoms with Crippen molar-refractivity contribution in [2.24, 2.45) is 0 Å². The lowest BCUT2D eigenvalue weighted by atomic mass is 10.1. The van der Waals surface area contributed by atoms with E-state index in [9.17, 15) is 0 Å². The molecule has 0 saturated carbocycles. The van der Waals surface area contributed by atoms with Crippen LogP contribution < -0.4 is 5.32 Å². The van der Waals surface area contributed by atoms with Gasteiger partial charge in [-0.25, -0.2) is 0 Å². The average Bonchev–Trinajstić information content (AvgIpc) is 2.40. The molecule has 88 valence electrons. The summed E-state index contributed by atoms with van der Waals surface area (Å²) < 4.78 is 0. The van der Waals surface area contributed by atoms with Crippen LogP contribution in [-0.2, 0) is 0 Å². The van der Waals surface area contributed by atoms with E-state index in [4.69, 9.17) is 0 Å². The first-order chi connectivity index (χ1) is 8.29.